The summed E-state index contributed by atoms with van der Waals surface area (Å²) in [5.74, 6) is -0.241. The molecule has 0 saturated heterocycles. The molecule has 3 atom stereocenters. The highest BCUT2D eigenvalue weighted by atomic mass is 28.4. The highest BCUT2D eigenvalue weighted by Gasteiger charge is 2.50. The lowest BCUT2D eigenvalue weighted by atomic mass is 9.90. The first kappa shape index (κ1) is 24.5. The van der Waals surface area contributed by atoms with Crippen LogP contribution in [0, 0.1) is 0 Å². The van der Waals surface area contributed by atoms with Crippen molar-refractivity contribution in [2.45, 2.75) is 82.4 Å². The van der Waals surface area contributed by atoms with Gasteiger partial charge in [0.15, 0.2) is 20.2 Å². The number of hydrogen-bond acceptors (Lipinski definition) is 6. The number of rotatable bonds is 10. The van der Waals surface area contributed by atoms with Crippen LogP contribution in [0.15, 0.2) is 12.2 Å². The van der Waals surface area contributed by atoms with Gasteiger partial charge in [0.2, 0.25) is 0 Å². The van der Waals surface area contributed by atoms with Crippen LogP contribution in [0.1, 0.15) is 48.0 Å². The number of ketones is 1. The first-order valence-electron chi connectivity index (χ1n) is 9.76. The minimum atomic E-state index is -2.17. The van der Waals surface area contributed by atoms with Gasteiger partial charge in [-0.3, -0.25) is 4.79 Å². The molecule has 0 amide bonds. The molecule has 1 aliphatic rings. The predicted molar refractivity (Wildman–Crippen MR) is 108 cm³/mol. The molecule has 0 bridgehead atoms. The summed E-state index contributed by atoms with van der Waals surface area (Å²) in [5.41, 5.74) is -0.172. The maximum atomic E-state index is 12.4. The maximum Gasteiger partial charge on any atom is 0.200 e. The summed E-state index contributed by atoms with van der Waals surface area (Å²) in [7, 11) is 0.798. The van der Waals surface area contributed by atoms with Crippen molar-refractivity contribution in [1.82, 2.24) is 0 Å². The van der Waals surface area contributed by atoms with Gasteiger partial charge in [-0.25, -0.2) is 0 Å². The first-order valence-corrected chi connectivity index (χ1v) is 11.9. The quantitative estimate of drug-likeness (QED) is 0.446. The Bertz CT molecular complexity index is 483. The highest BCUT2D eigenvalue weighted by Crippen LogP contribution is 2.43. The molecule has 0 aliphatic heterocycles. The van der Waals surface area contributed by atoms with E-state index in [1.165, 1.54) is 20.3 Å². The summed E-state index contributed by atoms with van der Waals surface area (Å²) < 4.78 is 22.7. The first-order chi connectivity index (χ1) is 12.6. The lowest BCUT2D eigenvalue weighted by molar-refractivity contribution is -0.189. The third-order valence-corrected chi connectivity index (χ3v) is 11.8. The topological polar surface area (TPSA) is 74.2 Å². The largest absolute Gasteiger partial charge is 0.413 e. The second-order valence-electron chi connectivity index (χ2n) is 8.37. The zero-order valence-corrected chi connectivity index (χ0v) is 19.2. The van der Waals surface area contributed by atoms with Gasteiger partial charge >= 0.3 is 0 Å². The molecule has 0 heterocycles. The second-order valence-corrected chi connectivity index (χ2v) is 13.8. The maximum absolute atomic E-state index is 12.4. The van der Waals surface area contributed by atoms with Crippen molar-refractivity contribution in [1.29, 1.82) is 0 Å². The van der Waals surface area contributed by atoms with Gasteiger partial charge in [-0.1, -0.05) is 47.6 Å². The number of aliphatic hydroxyl groups is 1. The number of ether oxygens (including phenoxy) is 3. The number of methoxy groups -OCH3 is 2. The molecule has 27 heavy (non-hydrogen) atoms. The van der Waals surface area contributed by atoms with E-state index in [-0.39, 0.29) is 25.6 Å². The Kier molecular flexibility index (Phi) is 9.31. The molecule has 1 aliphatic carbocycles. The Morgan fingerprint density at radius 3 is 2.15 bits per heavy atom. The Labute approximate surface area is 165 Å². The fourth-order valence-electron chi connectivity index (χ4n) is 4.57. The average Bonchev–Trinajstić information content (AvgIpc) is 2.68. The van der Waals surface area contributed by atoms with Gasteiger partial charge in [-0.15, -0.1) is 0 Å². The van der Waals surface area contributed by atoms with Gasteiger partial charge in [0.1, 0.15) is 18.5 Å². The van der Waals surface area contributed by atoms with E-state index in [0.717, 1.165) is 0 Å². The summed E-state index contributed by atoms with van der Waals surface area (Å²) in [6.07, 6.45) is 1.62. The predicted octanol–water partition coefficient (Wildman–Crippen LogP) is 3.44. The molecule has 0 fully saturated rings. The Morgan fingerprint density at radius 1 is 1.15 bits per heavy atom. The van der Waals surface area contributed by atoms with Crippen molar-refractivity contribution in [3.05, 3.63) is 12.2 Å². The van der Waals surface area contributed by atoms with Crippen molar-refractivity contribution >= 4 is 14.1 Å². The van der Waals surface area contributed by atoms with Crippen molar-refractivity contribution < 1.29 is 28.5 Å². The van der Waals surface area contributed by atoms with Crippen LogP contribution in [0.2, 0.25) is 16.6 Å². The normalized spacial score (nSPS) is 27.0. The average molecular weight is 403 g/mol. The molecule has 0 aromatic carbocycles. The zero-order valence-electron chi connectivity index (χ0n) is 18.2. The standard InChI is InChI=1S/C20H38O6Si/c1-14(2)27(15(3)4,16(5)6)26-12-20(22)11-9-10-17(21)18(19(20)24-8)25-13-23-7/h9-10,14-16,18-19,22H,11-13H2,1-8H3/t18-,19-,20+/m1/s1. The van der Waals surface area contributed by atoms with Crippen LogP contribution in [-0.2, 0) is 23.4 Å². The molecule has 6 nitrogen and oxygen atoms in total. The summed E-state index contributed by atoms with van der Waals surface area (Å²) in [6.45, 7) is 13.3. The number of hydrogen-bond donors (Lipinski definition) is 1. The van der Waals surface area contributed by atoms with Crippen LogP contribution in [0.4, 0.5) is 0 Å². The van der Waals surface area contributed by atoms with E-state index in [4.69, 9.17) is 18.6 Å². The smallest absolute Gasteiger partial charge is 0.200 e. The lowest BCUT2D eigenvalue weighted by Gasteiger charge is -2.45. The van der Waals surface area contributed by atoms with Gasteiger partial charge < -0.3 is 23.7 Å². The number of carbonyl (C=O) groups excluding carboxylic acids is 1. The van der Waals surface area contributed by atoms with E-state index in [2.05, 4.69) is 41.5 Å². The fraction of sp³-hybridized carbons (Fsp3) is 0.850. The van der Waals surface area contributed by atoms with Gasteiger partial charge in [0, 0.05) is 14.2 Å². The van der Waals surface area contributed by atoms with Crippen LogP contribution in [0.3, 0.4) is 0 Å². The van der Waals surface area contributed by atoms with Crippen LogP contribution in [0.25, 0.3) is 0 Å². The summed E-state index contributed by atoms with van der Waals surface area (Å²) >= 11 is 0. The van der Waals surface area contributed by atoms with Crippen LogP contribution < -0.4 is 0 Å². The zero-order chi connectivity index (χ0) is 20.8. The minimum absolute atomic E-state index is 0.0519. The molecule has 7 heteroatoms. The van der Waals surface area contributed by atoms with Crippen LogP contribution >= 0.6 is 0 Å². The van der Waals surface area contributed by atoms with Crippen molar-refractivity contribution in [3.63, 3.8) is 0 Å². The summed E-state index contributed by atoms with van der Waals surface area (Å²) in [6, 6.07) is 0. The van der Waals surface area contributed by atoms with E-state index in [0.29, 0.717) is 16.6 Å². The van der Waals surface area contributed by atoms with Gasteiger partial charge in [-0.2, -0.15) is 0 Å². The molecule has 158 valence electrons. The van der Waals surface area contributed by atoms with E-state index < -0.39 is 26.1 Å². The van der Waals surface area contributed by atoms with Crippen LogP contribution in [-0.4, -0.2) is 64.6 Å². The summed E-state index contributed by atoms with van der Waals surface area (Å²) in [5, 5.41) is 11.5. The molecule has 0 radical (unpaired) electrons. The van der Waals surface area contributed by atoms with E-state index in [9.17, 15) is 9.90 Å². The molecule has 1 N–H and O–H groups in total. The van der Waals surface area contributed by atoms with E-state index >= 15 is 0 Å². The SMILES string of the molecule is COCO[C@@H]1C(=O)C=CC[C@](O)(CO[Si](C(C)C)(C(C)C)C(C)C)[C@@H]1OC. The van der Waals surface area contributed by atoms with E-state index in [1.807, 2.05) is 0 Å². The Morgan fingerprint density at radius 2 is 1.70 bits per heavy atom. The lowest BCUT2D eigenvalue weighted by Crippen LogP contribution is -2.58. The molecular formula is C20H38O6Si. The Hall–Kier alpha value is -0.573. The third kappa shape index (κ3) is 5.28. The second kappa shape index (κ2) is 10.3. The molecule has 1 rings (SSSR count). The van der Waals surface area contributed by atoms with Crippen molar-refractivity contribution in [2.24, 2.45) is 0 Å². The van der Waals surface area contributed by atoms with Crippen LogP contribution in [0.5, 0.6) is 0 Å². The van der Waals surface area contributed by atoms with Gasteiger partial charge in [0.05, 0.1) is 6.61 Å². The molecule has 0 saturated carbocycles. The van der Waals surface area contributed by atoms with Gasteiger partial charge in [-0.05, 0) is 29.1 Å². The molecule has 0 aromatic heterocycles. The summed E-state index contributed by atoms with van der Waals surface area (Å²) in [4.78, 5) is 12.4. The van der Waals surface area contributed by atoms with Gasteiger partial charge in [0.25, 0.3) is 0 Å². The van der Waals surface area contributed by atoms with E-state index in [1.54, 1.807) is 6.08 Å². The third-order valence-electron chi connectivity index (χ3n) is 5.74. The fourth-order valence-corrected chi connectivity index (χ4v) is 10.1. The molecule has 0 spiro atoms. The highest BCUT2D eigenvalue weighted by molar-refractivity contribution is 6.77. The monoisotopic (exact) mass is 402 g/mol. The molecule has 0 aromatic rings. The van der Waals surface area contributed by atoms with Crippen molar-refractivity contribution in [2.75, 3.05) is 27.6 Å². The minimum Gasteiger partial charge on any atom is -0.413 e. The Balaban J connectivity index is 3.16. The molecule has 0 unspecified atom stereocenters. The molecular weight excluding hydrogens is 364 g/mol. The number of carbonyl (C=O) groups is 1. The van der Waals surface area contributed by atoms with Crippen molar-refractivity contribution in [3.8, 4) is 0 Å².